The van der Waals surface area contributed by atoms with Crippen LogP contribution in [0.25, 0.3) is 66.0 Å². The zero-order valence-electron chi connectivity index (χ0n) is 37.4. The maximum absolute atomic E-state index is 8.21. The van der Waals surface area contributed by atoms with Crippen molar-refractivity contribution in [3.05, 3.63) is 138 Å². The molecule has 0 aliphatic heterocycles. The molecule has 0 amide bonds. The number of pyridine rings is 3. The second-order valence-electron chi connectivity index (χ2n) is 12.3. The third kappa shape index (κ3) is 6.54. The summed E-state index contributed by atoms with van der Waals surface area (Å²) in [6.07, 6.45) is 3.92. The van der Waals surface area contributed by atoms with Crippen LogP contribution in [-0.4, -0.2) is 15.0 Å². The summed E-state index contributed by atoms with van der Waals surface area (Å²) in [5.74, 6) is 0. The predicted octanol–water partition coefficient (Wildman–Crippen LogP) is 11.2. The van der Waals surface area contributed by atoms with Crippen LogP contribution in [0, 0.1) is 38.2 Å². The second-order valence-corrected chi connectivity index (χ2v) is 12.3. The van der Waals surface area contributed by atoms with Gasteiger partial charge in [-0.05, 0) is 81.4 Å². The molecule has 0 spiro atoms. The Morgan fingerprint density at radius 2 is 1.54 bits per heavy atom. The molecule has 0 saturated carbocycles. The van der Waals surface area contributed by atoms with Gasteiger partial charge in [0, 0.05) is 58.3 Å². The minimum absolute atomic E-state index is 0. The van der Waals surface area contributed by atoms with Crippen molar-refractivity contribution in [3.63, 3.8) is 0 Å². The summed E-state index contributed by atoms with van der Waals surface area (Å²) in [5.41, 5.74) is 1.64. The van der Waals surface area contributed by atoms with E-state index in [1.54, 1.807) is 12.3 Å². The number of aryl methyl sites for hydroxylation is 3. The van der Waals surface area contributed by atoms with E-state index in [0.717, 1.165) is 45.1 Å². The SMILES string of the molecule is [2H]C([2H])([2H])c1cnc(-c2[c-]nc(C([2H])([2H])[2H])c3c2oc2c3ccc3ccc4ccccc4c32)cc1C([2H])([2H])[2H].[2H]C([2H])(c1ccc(-c2[c-]cccc2)nc1)C(C)(C)C.[Ir]. The summed E-state index contributed by atoms with van der Waals surface area (Å²) in [5, 5.41) is 4.34. The normalized spacial score (nSPS) is 15.9. The summed E-state index contributed by atoms with van der Waals surface area (Å²) in [6, 6.07) is 31.0. The van der Waals surface area contributed by atoms with Crippen molar-refractivity contribution in [1.82, 2.24) is 15.0 Å². The summed E-state index contributed by atoms with van der Waals surface area (Å²) in [6.45, 7) is -2.35. The van der Waals surface area contributed by atoms with Gasteiger partial charge in [0.2, 0.25) is 0 Å². The van der Waals surface area contributed by atoms with E-state index in [2.05, 4.69) is 27.2 Å². The maximum Gasteiger partial charge on any atom is 0.129 e. The Morgan fingerprint density at radius 1 is 0.750 bits per heavy atom. The minimum atomic E-state index is -2.74. The average molecular weight is 815 g/mol. The first-order valence-electron chi connectivity index (χ1n) is 20.6. The number of furan rings is 1. The van der Waals surface area contributed by atoms with Crippen molar-refractivity contribution in [1.29, 1.82) is 0 Å². The van der Waals surface area contributed by atoms with Crippen molar-refractivity contribution >= 4 is 43.5 Å². The van der Waals surface area contributed by atoms with Crippen LogP contribution in [0.15, 0.2) is 108 Å². The maximum atomic E-state index is 8.21. The third-order valence-electron chi connectivity index (χ3n) is 7.73. The van der Waals surface area contributed by atoms with Gasteiger partial charge in [0.1, 0.15) is 5.58 Å². The van der Waals surface area contributed by atoms with Crippen molar-refractivity contribution in [3.8, 4) is 22.5 Å². The van der Waals surface area contributed by atoms with Crippen LogP contribution in [-0.2, 0) is 26.5 Å². The number of aromatic nitrogens is 3. The molecule has 4 heterocycles. The van der Waals surface area contributed by atoms with E-state index in [4.69, 9.17) is 19.5 Å². The first-order valence-corrected chi connectivity index (χ1v) is 15.1. The van der Waals surface area contributed by atoms with E-state index in [9.17, 15) is 0 Å². The zero-order chi connectivity index (χ0) is 42.0. The van der Waals surface area contributed by atoms with Gasteiger partial charge in [-0.3, -0.25) is 0 Å². The fourth-order valence-corrected chi connectivity index (χ4v) is 5.65. The molecular weight excluding hydrogens is 767 g/mol. The van der Waals surface area contributed by atoms with E-state index in [1.165, 1.54) is 0 Å². The second kappa shape index (κ2) is 13.4. The fourth-order valence-electron chi connectivity index (χ4n) is 5.65. The Morgan fingerprint density at radius 3 is 2.29 bits per heavy atom. The molecule has 0 unspecified atom stereocenters. The van der Waals surface area contributed by atoms with Crippen LogP contribution in [0.1, 0.15) is 58.2 Å². The molecule has 4 nitrogen and oxygen atoms in total. The first kappa shape index (κ1) is 22.0. The van der Waals surface area contributed by atoms with Crippen LogP contribution < -0.4 is 0 Å². The molecule has 0 bridgehead atoms. The molecule has 0 N–H and O–H groups in total. The molecular formula is C43H37IrN3O-2. The van der Waals surface area contributed by atoms with Gasteiger partial charge >= 0.3 is 0 Å². The molecule has 8 rings (SSSR count). The van der Waals surface area contributed by atoms with Crippen molar-refractivity contribution < 1.29 is 39.6 Å². The van der Waals surface area contributed by atoms with Crippen LogP contribution in [0.2, 0.25) is 0 Å². The van der Waals surface area contributed by atoms with Crippen molar-refractivity contribution in [2.45, 2.75) is 47.7 Å². The summed E-state index contributed by atoms with van der Waals surface area (Å²) in [7, 11) is 0. The average Bonchev–Trinajstić information content (AvgIpc) is 3.56. The van der Waals surface area contributed by atoms with Gasteiger partial charge in [-0.1, -0.05) is 105 Å². The first-order chi connectivity index (χ1) is 27.1. The van der Waals surface area contributed by atoms with Gasteiger partial charge in [-0.15, -0.1) is 35.9 Å². The summed E-state index contributed by atoms with van der Waals surface area (Å²) < 4.78 is 94.2. The van der Waals surface area contributed by atoms with Crippen LogP contribution in [0.4, 0.5) is 0 Å². The Labute approximate surface area is 311 Å². The number of benzene rings is 4. The molecule has 4 aromatic carbocycles. The molecule has 4 aromatic heterocycles. The Kier molecular flexibility index (Phi) is 6.16. The molecule has 241 valence electrons. The standard InChI is InChI=1S/C27H19N2O.C16H18N.Ir/c1-15-12-23(29-13-16(15)2)22-14-28-17(3)24-21-11-10-19-9-8-18-6-4-5-7-20(18)25(19)26(21)30-27(22)24;1-16(2,3)11-13-9-10-15(17-12-13)14-7-5-4-6-8-14;/h4-13H,1-3H3;4-7,9-10,12H,11H2,1-3H3;/q2*-1;/i1D3,2D3,3D3;11D2;. The third-order valence-corrected chi connectivity index (χ3v) is 7.73. The van der Waals surface area contributed by atoms with Gasteiger partial charge in [0.15, 0.2) is 0 Å². The van der Waals surface area contributed by atoms with Crippen LogP contribution in [0.3, 0.4) is 0 Å². The molecule has 8 aromatic rings. The van der Waals surface area contributed by atoms with Gasteiger partial charge in [-0.25, -0.2) is 0 Å². The van der Waals surface area contributed by atoms with Gasteiger partial charge in [0.05, 0.1) is 5.58 Å². The molecule has 0 aliphatic rings. The Bertz CT molecular complexity index is 2810. The number of rotatable bonds is 3. The predicted molar refractivity (Wildman–Crippen MR) is 194 cm³/mol. The van der Waals surface area contributed by atoms with E-state index in [-0.39, 0.29) is 53.6 Å². The Balaban J connectivity index is 0.000000247. The molecule has 1 radical (unpaired) electrons. The zero-order valence-corrected chi connectivity index (χ0v) is 28.8. The number of hydrogen-bond acceptors (Lipinski definition) is 4. The summed E-state index contributed by atoms with van der Waals surface area (Å²) >= 11 is 0. The monoisotopic (exact) mass is 815 g/mol. The largest absolute Gasteiger partial charge is 0.500 e. The van der Waals surface area contributed by atoms with E-state index < -0.39 is 37.9 Å². The molecule has 48 heavy (non-hydrogen) atoms. The smallest absolute Gasteiger partial charge is 0.129 e. The van der Waals surface area contributed by atoms with Crippen LogP contribution >= 0.6 is 0 Å². The molecule has 0 fully saturated rings. The van der Waals surface area contributed by atoms with E-state index in [0.29, 0.717) is 16.5 Å². The minimum Gasteiger partial charge on any atom is -0.500 e. The molecule has 0 saturated heterocycles. The van der Waals surface area contributed by atoms with Gasteiger partial charge in [-0.2, -0.15) is 0 Å². The van der Waals surface area contributed by atoms with E-state index >= 15 is 0 Å². The molecule has 0 atom stereocenters. The van der Waals surface area contributed by atoms with Gasteiger partial charge < -0.3 is 19.4 Å². The topological polar surface area (TPSA) is 51.8 Å². The molecule has 0 aliphatic carbocycles. The number of nitrogens with zero attached hydrogens (tertiary/aromatic N) is 3. The van der Waals surface area contributed by atoms with Gasteiger partial charge in [0.25, 0.3) is 0 Å². The Hall–Kier alpha value is -4.70. The van der Waals surface area contributed by atoms with E-state index in [1.807, 2.05) is 99.6 Å². The molecule has 5 heteroatoms. The van der Waals surface area contributed by atoms with Crippen molar-refractivity contribution in [2.24, 2.45) is 5.41 Å². The fraction of sp³-hybridized carbons (Fsp3) is 0.186. The quantitative estimate of drug-likeness (QED) is 0.132. The summed E-state index contributed by atoms with van der Waals surface area (Å²) in [4.78, 5) is 12.7. The number of hydrogen-bond donors (Lipinski definition) is 0. The number of fused-ring (bicyclic) bond motifs is 7. The van der Waals surface area contributed by atoms with Crippen LogP contribution in [0.5, 0.6) is 0 Å². The van der Waals surface area contributed by atoms with Crippen molar-refractivity contribution in [2.75, 3.05) is 0 Å².